The first-order chi connectivity index (χ1) is 11.5. The molecule has 0 aliphatic carbocycles. The first-order valence-corrected chi connectivity index (χ1v) is 10.5. The van der Waals surface area contributed by atoms with E-state index in [0.717, 1.165) is 30.6 Å². The fraction of sp³-hybridized carbons (Fsp3) is 0.667. The smallest absolute Gasteiger partial charge is 0.263 e. The molecule has 3 N–H and O–H groups in total. The summed E-state index contributed by atoms with van der Waals surface area (Å²) in [6, 6.07) is 1.35. The van der Waals surface area contributed by atoms with Crippen LogP contribution in [0.4, 0.5) is 0 Å². The Bertz CT molecular complexity index is 639. The van der Waals surface area contributed by atoms with Gasteiger partial charge < -0.3 is 15.8 Å². The molecule has 1 unspecified atom stereocenters. The van der Waals surface area contributed by atoms with Crippen LogP contribution in [0.25, 0.3) is 0 Å². The zero-order chi connectivity index (χ0) is 17.6. The van der Waals surface area contributed by atoms with E-state index in [4.69, 9.17) is 10.5 Å². The van der Waals surface area contributed by atoms with Crippen molar-refractivity contribution >= 4 is 27.3 Å². The van der Waals surface area contributed by atoms with E-state index in [-0.39, 0.29) is 21.7 Å². The molecule has 1 amide bonds. The molecule has 1 aliphatic heterocycles. The molecular weight excluding hydrogens is 350 g/mol. The number of sulfonamides is 1. The van der Waals surface area contributed by atoms with Crippen LogP contribution in [0.2, 0.25) is 0 Å². The lowest BCUT2D eigenvalue weighted by atomic mass is 10.1. The van der Waals surface area contributed by atoms with Gasteiger partial charge in [-0.25, -0.2) is 8.42 Å². The van der Waals surface area contributed by atoms with Crippen molar-refractivity contribution in [3.8, 4) is 0 Å². The number of carbonyl (C=O) groups excluding carboxylic acids is 1. The minimum Gasteiger partial charge on any atom is -0.379 e. The summed E-state index contributed by atoms with van der Waals surface area (Å²) in [5, 5.41) is 4.49. The number of morpholine rings is 1. The monoisotopic (exact) mass is 375 g/mol. The number of nitrogens with one attached hydrogen (secondary N) is 1. The molecule has 1 fully saturated rings. The van der Waals surface area contributed by atoms with Crippen molar-refractivity contribution in [3.63, 3.8) is 0 Å². The van der Waals surface area contributed by atoms with Crippen molar-refractivity contribution in [3.05, 3.63) is 16.3 Å². The zero-order valence-electron chi connectivity index (χ0n) is 13.9. The van der Waals surface area contributed by atoms with Gasteiger partial charge in [0.15, 0.2) is 0 Å². The van der Waals surface area contributed by atoms with Crippen molar-refractivity contribution < 1.29 is 17.9 Å². The predicted molar refractivity (Wildman–Crippen MR) is 93.7 cm³/mol. The molecule has 24 heavy (non-hydrogen) atoms. The molecule has 2 heterocycles. The summed E-state index contributed by atoms with van der Waals surface area (Å²) >= 11 is 1.13. The zero-order valence-corrected chi connectivity index (χ0v) is 15.5. The number of thiophene rings is 1. The molecule has 136 valence electrons. The Morgan fingerprint density at radius 2 is 2.17 bits per heavy atom. The van der Waals surface area contributed by atoms with E-state index >= 15 is 0 Å². The molecule has 1 aromatic heterocycles. The minimum atomic E-state index is -3.68. The van der Waals surface area contributed by atoms with Crippen LogP contribution >= 0.6 is 11.3 Å². The quantitative estimate of drug-likeness (QED) is 0.706. The summed E-state index contributed by atoms with van der Waals surface area (Å²) in [4.78, 5) is 12.8. The highest BCUT2D eigenvalue weighted by Gasteiger charge is 2.31. The number of hydrogen-bond acceptors (Lipinski definition) is 6. The van der Waals surface area contributed by atoms with Gasteiger partial charge in [0.1, 0.15) is 9.77 Å². The van der Waals surface area contributed by atoms with E-state index in [1.165, 1.54) is 10.4 Å². The molecule has 1 atom stereocenters. The molecule has 2 rings (SSSR count). The van der Waals surface area contributed by atoms with Gasteiger partial charge in [-0.1, -0.05) is 19.8 Å². The van der Waals surface area contributed by atoms with Crippen LogP contribution in [0, 0.1) is 0 Å². The largest absolute Gasteiger partial charge is 0.379 e. The lowest BCUT2D eigenvalue weighted by Crippen LogP contribution is -2.42. The number of hydrogen-bond donors (Lipinski definition) is 2. The highest BCUT2D eigenvalue weighted by Crippen LogP contribution is 2.26. The number of unbranched alkanes of at least 4 members (excludes halogenated alkanes) is 1. The fourth-order valence-corrected chi connectivity index (χ4v) is 5.25. The van der Waals surface area contributed by atoms with E-state index in [1.54, 1.807) is 5.38 Å². The third kappa shape index (κ3) is 4.54. The Hall–Kier alpha value is -1.00. The third-order valence-corrected chi connectivity index (χ3v) is 6.93. The number of carbonyl (C=O) groups is 1. The number of ether oxygens (including phenoxy) is 1. The average molecular weight is 376 g/mol. The Labute approximate surface area is 147 Å². The average Bonchev–Trinajstić information content (AvgIpc) is 3.10. The standard InChI is InChI=1S/C15H25N3O4S2/c1-2-3-4-12(11-16)17-15(19)14-13(5-10-23-14)24(20,21)18-6-8-22-9-7-18/h5,10,12H,2-4,6-9,11,16H2,1H3,(H,17,19). The number of amides is 1. The van der Waals surface area contributed by atoms with Gasteiger partial charge in [0.25, 0.3) is 5.91 Å². The van der Waals surface area contributed by atoms with Crippen LogP contribution in [-0.2, 0) is 14.8 Å². The number of rotatable bonds is 8. The fourth-order valence-electron chi connectivity index (χ4n) is 2.54. The van der Waals surface area contributed by atoms with E-state index in [9.17, 15) is 13.2 Å². The van der Waals surface area contributed by atoms with Gasteiger partial charge in [0.05, 0.1) is 13.2 Å². The molecule has 1 saturated heterocycles. The maximum atomic E-state index is 12.8. The molecule has 0 radical (unpaired) electrons. The van der Waals surface area contributed by atoms with Gasteiger partial charge in [0.2, 0.25) is 10.0 Å². The normalized spacial score (nSPS) is 17.6. The van der Waals surface area contributed by atoms with Gasteiger partial charge in [0, 0.05) is 25.7 Å². The predicted octanol–water partition coefficient (Wildman–Crippen LogP) is 1.02. The lowest BCUT2D eigenvalue weighted by Gasteiger charge is -2.26. The second kappa shape index (κ2) is 8.91. The number of nitrogens with zero attached hydrogens (tertiary/aromatic N) is 1. The summed E-state index contributed by atoms with van der Waals surface area (Å²) in [6.07, 6.45) is 2.77. The van der Waals surface area contributed by atoms with Crippen LogP contribution in [0.15, 0.2) is 16.3 Å². The second-order valence-electron chi connectivity index (χ2n) is 5.68. The SMILES string of the molecule is CCCCC(CN)NC(=O)c1sccc1S(=O)(=O)N1CCOCC1. The van der Waals surface area contributed by atoms with Crippen LogP contribution in [-0.4, -0.2) is 57.5 Å². The minimum absolute atomic E-state index is 0.0677. The van der Waals surface area contributed by atoms with Gasteiger partial charge >= 0.3 is 0 Å². The summed E-state index contributed by atoms with van der Waals surface area (Å²) in [5.41, 5.74) is 5.70. The Morgan fingerprint density at radius 3 is 2.79 bits per heavy atom. The third-order valence-electron chi connectivity index (χ3n) is 3.95. The van der Waals surface area contributed by atoms with Crippen LogP contribution in [0.5, 0.6) is 0 Å². The van der Waals surface area contributed by atoms with Gasteiger partial charge in [-0.15, -0.1) is 11.3 Å². The molecule has 1 aliphatic rings. The Balaban J connectivity index is 2.15. The highest BCUT2D eigenvalue weighted by molar-refractivity contribution is 7.89. The van der Waals surface area contributed by atoms with Crippen molar-refractivity contribution in [1.29, 1.82) is 0 Å². The van der Waals surface area contributed by atoms with Crippen LogP contribution in [0.1, 0.15) is 35.9 Å². The maximum Gasteiger partial charge on any atom is 0.263 e. The molecule has 0 spiro atoms. The van der Waals surface area contributed by atoms with Crippen molar-refractivity contribution in [2.75, 3.05) is 32.8 Å². The van der Waals surface area contributed by atoms with Crippen molar-refractivity contribution in [2.24, 2.45) is 5.73 Å². The Morgan fingerprint density at radius 1 is 1.46 bits per heavy atom. The molecular formula is C15H25N3O4S2. The lowest BCUT2D eigenvalue weighted by molar-refractivity contribution is 0.0730. The van der Waals surface area contributed by atoms with Crippen molar-refractivity contribution in [1.82, 2.24) is 9.62 Å². The molecule has 7 nitrogen and oxygen atoms in total. The highest BCUT2D eigenvalue weighted by atomic mass is 32.2. The van der Waals surface area contributed by atoms with Crippen LogP contribution < -0.4 is 11.1 Å². The van der Waals surface area contributed by atoms with E-state index in [2.05, 4.69) is 12.2 Å². The molecule has 9 heteroatoms. The summed E-state index contributed by atoms with van der Waals surface area (Å²) < 4.78 is 32.1. The summed E-state index contributed by atoms with van der Waals surface area (Å²) in [6.45, 7) is 3.76. The topological polar surface area (TPSA) is 102 Å². The Kier molecular flexibility index (Phi) is 7.17. The second-order valence-corrected chi connectivity index (χ2v) is 8.50. The van der Waals surface area contributed by atoms with E-state index in [0.29, 0.717) is 32.8 Å². The first-order valence-electron chi connectivity index (χ1n) is 8.17. The number of nitrogens with two attached hydrogens (primary N) is 1. The molecule has 0 saturated carbocycles. The van der Waals surface area contributed by atoms with Crippen molar-refractivity contribution in [2.45, 2.75) is 37.1 Å². The first kappa shape index (κ1) is 19.3. The summed E-state index contributed by atoms with van der Waals surface area (Å²) in [5.74, 6) is -0.372. The van der Waals surface area contributed by atoms with Gasteiger partial charge in [-0.3, -0.25) is 4.79 Å². The van der Waals surface area contributed by atoms with E-state index in [1.807, 2.05) is 0 Å². The summed E-state index contributed by atoms with van der Waals surface area (Å²) in [7, 11) is -3.68. The maximum absolute atomic E-state index is 12.8. The molecule has 0 bridgehead atoms. The van der Waals surface area contributed by atoms with Gasteiger partial charge in [-0.05, 0) is 17.9 Å². The molecule has 0 aromatic carbocycles. The molecule has 1 aromatic rings. The van der Waals surface area contributed by atoms with Gasteiger partial charge in [-0.2, -0.15) is 4.31 Å². The van der Waals surface area contributed by atoms with Crippen LogP contribution in [0.3, 0.4) is 0 Å². The van der Waals surface area contributed by atoms with E-state index < -0.39 is 10.0 Å².